The van der Waals surface area contributed by atoms with Gasteiger partial charge in [-0.1, -0.05) is 6.07 Å². The lowest BCUT2D eigenvalue weighted by Crippen LogP contribution is -2.36. The van der Waals surface area contributed by atoms with Gasteiger partial charge in [0.2, 0.25) is 0 Å². The van der Waals surface area contributed by atoms with Gasteiger partial charge in [-0.15, -0.1) is 0 Å². The van der Waals surface area contributed by atoms with E-state index >= 15 is 0 Å². The molecule has 4 heterocycles. The van der Waals surface area contributed by atoms with E-state index in [9.17, 15) is 0 Å². The van der Waals surface area contributed by atoms with Crippen LogP contribution < -0.4 is 10.2 Å². The smallest absolute Gasteiger partial charge is 0.128 e. The highest BCUT2D eigenvalue weighted by Gasteiger charge is 2.25. The van der Waals surface area contributed by atoms with Gasteiger partial charge in [0.25, 0.3) is 0 Å². The average molecular weight is 341 g/mol. The molecule has 0 unspecified atom stereocenters. The number of nitrogens with one attached hydrogen (secondary N) is 1. The molecular weight excluding hydrogens is 314 g/mol. The van der Waals surface area contributed by atoms with Crippen LogP contribution in [0.25, 0.3) is 0 Å². The Morgan fingerprint density at radius 2 is 2.12 bits per heavy atom. The Balaban J connectivity index is 1.31. The zero-order valence-electron chi connectivity index (χ0n) is 14.9. The molecule has 2 aliphatic heterocycles. The molecule has 6 heteroatoms. The summed E-state index contributed by atoms with van der Waals surface area (Å²) in [4.78, 5) is 11.2. The highest BCUT2D eigenvalue weighted by molar-refractivity contribution is 5.40. The van der Waals surface area contributed by atoms with Crippen LogP contribution >= 0.6 is 0 Å². The van der Waals surface area contributed by atoms with Gasteiger partial charge in [-0.05, 0) is 37.3 Å². The van der Waals surface area contributed by atoms with Crippen LogP contribution in [0.4, 0.5) is 5.82 Å². The van der Waals surface area contributed by atoms with Gasteiger partial charge in [0, 0.05) is 45.5 Å². The number of aryl methyl sites for hydroxylation is 1. The van der Waals surface area contributed by atoms with Crippen molar-refractivity contribution >= 4 is 5.82 Å². The summed E-state index contributed by atoms with van der Waals surface area (Å²) in [7, 11) is 2.02. The second kappa shape index (κ2) is 7.54. The Morgan fingerprint density at radius 3 is 2.84 bits per heavy atom. The molecule has 0 aromatic carbocycles. The molecule has 2 fully saturated rings. The molecule has 0 radical (unpaired) electrons. The number of pyridine rings is 1. The second-order valence-corrected chi connectivity index (χ2v) is 7.11. The minimum atomic E-state index is 0.134. The van der Waals surface area contributed by atoms with E-state index in [4.69, 9.17) is 4.74 Å². The van der Waals surface area contributed by atoms with Crippen LogP contribution in [-0.2, 0) is 18.3 Å². The van der Waals surface area contributed by atoms with Crippen molar-refractivity contribution in [2.24, 2.45) is 7.05 Å². The molecule has 4 rings (SSSR count). The van der Waals surface area contributed by atoms with Crippen LogP contribution in [0.5, 0.6) is 0 Å². The van der Waals surface area contributed by atoms with Crippen LogP contribution in [-0.4, -0.2) is 40.3 Å². The average Bonchev–Trinajstić information content (AvgIpc) is 3.32. The molecule has 1 N–H and O–H groups in total. The van der Waals surface area contributed by atoms with E-state index in [2.05, 4.69) is 32.3 Å². The molecule has 2 aromatic heterocycles. The number of anilines is 1. The zero-order valence-corrected chi connectivity index (χ0v) is 14.9. The molecule has 134 valence electrons. The van der Waals surface area contributed by atoms with E-state index in [1.54, 1.807) is 0 Å². The lowest BCUT2D eigenvalue weighted by atomic mass is 10.0. The van der Waals surface area contributed by atoms with Crippen molar-refractivity contribution < 1.29 is 4.74 Å². The summed E-state index contributed by atoms with van der Waals surface area (Å²) in [6.45, 7) is 3.93. The van der Waals surface area contributed by atoms with Crippen molar-refractivity contribution in [3.63, 3.8) is 0 Å². The van der Waals surface area contributed by atoms with Gasteiger partial charge in [-0.25, -0.2) is 9.97 Å². The first-order valence-electron chi connectivity index (χ1n) is 9.30. The van der Waals surface area contributed by atoms with Gasteiger partial charge < -0.3 is 19.5 Å². The standard InChI is InChI=1S/C19H27N5O/c1-23-14-20-13-17(23)18-10-16(6-9-25-18)21-11-15-4-5-19(22-12-15)24-7-2-3-8-24/h4-5,12-14,16,18,21H,2-3,6-11H2,1H3/t16-,18+/m0/s1. The third-order valence-corrected chi connectivity index (χ3v) is 5.30. The summed E-state index contributed by atoms with van der Waals surface area (Å²) in [5.74, 6) is 1.11. The molecule has 2 atom stereocenters. The number of hydrogen-bond donors (Lipinski definition) is 1. The van der Waals surface area contributed by atoms with E-state index in [1.165, 1.54) is 18.4 Å². The number of imidazole rings is 1. The van der Waals surface area contributed by atoms with Crippen LogP contribution in [0.2, 0.25) is 0 Å². The lowest BCUT2D eigenvalue weighted by molar-refractivity contribution is -0.00404. The Bertz CT molecular complexity index is 677. The number of nitrogens with zero attached hydrogens (tertiary/aromatic N) is 4. The fraction of sp³-hybridized carbons (Fsp3) is 0.579. The van der Waals surface area contributed by atoms with Gasteiger partial charge in [0.1, 0.15) is 11.9 Å². The highest BCUT2D eigenvalue weighted by Crippen LogP contribution is 2.27. The number of aromatic nitrogens is 3. The summed E-state index contributed by atoms with van der Waals surface area (Å²) in [5.41, 5.74) is 2.40. The van der Waals surface area contributed by atoms with Gasteiger partial charge in [-0.2, -0.15) is 0 Å². The molecule has 0 bridgehead atoms. The van der Waals surface area contributed by atoms with Crippen LogP contribution in [0.1, 0.15) is 43.0 Å². The van der Waals surface area contributed by atoms with E-state index in [-0.39, 0.29) is 6.10 Å². The predicted molar refractivity (Wildman–Crippen MR) is 97.4 cm³/mol. The molecular formula is C19H27N5O. The van der Waals surface area contributed by atoms with Crippen LogP contribution in [0, 0.1) is 0 Å². The van der Waals surface area contributed by atoms with Crippen molar-refractivity contribution in [2.75, 3.05) is 24.6 Å². The second-order valence-electron chi connectivity index (χ2n) is 7.11. The minimum Gasteiger partial charge on any atom is -0.372 e. The van der Waals surface area contributed by atoms with Crippen molar-refractivity contribution in [3.8, 4) is 0 Å². The predicted octanol–water partition coefficient (Wildman–Crippen LogP) is 2.43. The Kier molecular flexibility index (Phi) is 4.99. The molecule has 0 saturated carbocycles. The van der Waals surface area contributed by atoms with Crippen molar-refractivity contribution in [1.29, 1.82) is 0 Å². The summed E-state index contributed by atoms with van der Waals surface area (Å²) in [6.07, 6.45) is 10.5. The Hall–Kier alpha value is -1.92. The first-order chi connectivity index (χ1) is 12.3. The lowest BCUT2D eigenvalue weighted by Gasteiger charge is -2.30. The maximum Gasteiger partial charge on any atom is 0.128 e. The van der Waals surface area contributed by atoms with Gasteiger partial charge >= 0.3 is 0 Å². The summed E-state index contributed by atoms with van der Waals surface area (Å²) < 4.78 is 7.99. The maximum atomic E-state index is 5.94. The van der Waals surface area contributed by atoms with E-state index in [0.717, 1.165) is 50.6 Å². The summed E-state index contributed by atoms with van der Waals surface area (Å²) >= 11 is 0. The fourth-order valence-corrected chi connectivity index (χ4v) is 3.78. The molecule has 6 nitrogen and oxygen atoms in total. The van der Waals surface area contributed by atoms with Crippen LogP contribution in [0.15, 0.2) is 30.9 Å². The third-order valence-electron chi connectivity index (χ3n) is 5.30. The van der Waals surface area contributed by atoms with Crippen molar-refractivity contribution in [2.45, 2.75) is 44.4 Å². The van der Waals surface area contributed by atoms with Crippen molar-refractivity contribution in [1.82, 2.24) is 19.9 Å². The normalized spacial score (nSPS) is 24.0. The fourth-order valence-electron chi connectivity index (χ4n) is 3.78. The first-order valence-corrected chi connectivity index (χ1v) is 9.30. The SMILES string of the molecule is Cn1cncc1[C@H]1C[C@@H](NCc2ccc(N3CCCC3)nc2)CCO1. The molecule has 0 aliphatic carbocycles. The largest absolute Gasteiger partial charge is 0.372 e. The Morgan fingerprint density at radius 1 is 1.24 bits per heavy atom. The number of hydrogen-bond acceptors (Lipinski definition) is 5. The van der Waals surface area contributed by atoms with Crippen LogP contribution in [0.3, 0.4) is 0 Å². The van der Waals surface area contributed by atoms with Gasteiger partial charge in [0.05, 0.1) is 18.2 Å². The summed E-state index contributed by atoms with van der Waals surface area (Å²) in [5, 5.41) is 3.68. The number of ether oxygens (including phenoxy) is 1. The highest BCUT2D eigenvalue weighted by atomic mass is 16.5. The molecule has 0 amide bonds. The molecule has 25 heavy (non-hydrogen) atoms. The van der Waals surface area contributed by atoms with E-state index in [0.29, 0.717) is 6.04 Å². The summed E-state index contributed by atoms with van der Waals surface area (Å²) in [6, 6.07) is 4.82. The molecule has 0 spiro atoms. The zero-order chi connectivity index (χ0) is 17.1. The minimum absolute atomic E-state index is 0.134. The molecule has 2 saturated heterocycles. The van der Waals surface area contributed by atoms with E-state index < -0.39 is 0 Å². The van der Waals surface area contributed by atoms with Crippen molar-refractivity contribution in [3.05, 3.63) is 42.1 Å². The topological polar surface area (TPSA) is 55.2 Å². The molecule has 2 aliphatic rings. The van der Waals surface area contributed by atoms with Gasteiger partial charge in [0.15, 0.2) is 0 Å². The monoisotopic (exact) mass is 341 g/mol. The quantitative estimate of drug-likeness (QED) is 0.905. The Labute approximate surface area is 149 Å². The van der Waals surface area contributed by atoms with E-state index in [1.807, 2.05) is 30.3 Å². The number of rotatable bonds is 5. The van der Waals surface area contributed by atoms with Gasteiger partial charge in [-0.3, -0.25) is 0 Å². The molecule has 2 aromatic rings. The maximum absolute atomic E-state index is 5.94. The third kappa shape index (κ3) is 3.85. The first kappa shape index (κ1) is 16.5.